The number of Topliss-reactive ketones (excluding diaryl/α,β-unsaturated/α-hetero) is 1. The molecule has 1 aromatic carbocycles. The van der Waals surface area contributed by atoms with Crippen molar-refractivity contribution in [3.63, 3.8) is 0 Å². The molecule has 1 aromatic heterocycles. The Labute approximate surface area is 86.0 Å². The molecule has 0 N–H and O–H groups in total. The third-order valence-corrected chi connectivity index (χ3v) is 2.16. The topological polar surface area (TPSA) is 59.9 Å². The summed E-state index contributed by atoms with van der Waals surface area (Å²) < 4.78 is 0. The summed E-state index contributed by atoms with van der Waals surface area (Å²) in [5.74, 6) is -0.0852. The van der Waals surface area contributed by atoms with E-state index in [0.717, 1.165) is 0 Å². The number of aldehydes is 1. The molecule has 2 rings (SSSR count). The first-order valence-electron chi connectivity index (χ1n) is 4.44. The van der Waals surface area contributed by atoms with Crippen LogP contribution in [0.3, 0.4) is 0 Å². The number of ketones is 1. The second-order valence-corrected chi connectivity index (χ2v) is 3.13. The van der Waals surface area contributed by atoms with Gasteiger partial charge in [-0.05, 0) is 19.1 Å². The summed E-state index contributed by atoms with van der Waals surface area (Å²) in [5, 5.41) is 0. The van der Waals surface area contributed by atoms with Crippen LogP contribution in [0.1, 0.15) is 27.6 Å². The summed E-state index contributed by atoms with van der Waals surface area (Å²) in [6, 6.07) is 3.18. The van der Waals surface area contributed by atoms with Crippen molar-refractivity contribution in [1.29, 1.82) is 0 Å². The van der Waals surface area contributed by atoms with Gasteiger partial charge < -0.3 is 0 Å². The van der Waals surface area contributed by atoms with Gasteiger partial charge >= 0.3 is 0 Å². The number of nitrogens with zero attached hydrogens (tertiary/aromatic N) is 2. The lowest BCUT2D eigenvalue weighted by Crippen LogP contribution is -1.98. The first-order valence-corrected chi connectivity index (χ1v) is 4.44. The first-order chi connectivity index (χ1) is 7.24. The molecule has 2 aromatic rings. The van der Waals surface area contributed by atoms with Crippen molar-refractivity contribution >= 4 is 23.1 Å². The first kappa shape index (κ1) is 9.45. The van der Waals surface area contributed by atoms with Gasteiger partial charge in [-0.1, -0.05) is 0 Å². The van der Waals surface area contributed by atoms with Crippen LogP contribution in [0, 0.1) is 0 Å². The zero-order valence-corrected chi connectivity index (χ0v) is 8.10. The number of carbonyl (C=O) groups is 2. The normalized spacial score (nSPS) is 10.2. The minimum atomic E-state index is -0.0852. The van der Waals surface area contributed by atoms with Crippen LogP contribution in [-0.2, 0) is 0 Å². The van der Waals surface area contributed by atoms with Crippen LogP contribution in [0.15, 0.2) is 24.5 Å². The molecule has 0 aliphatic rings. The molecule has 4 nitrogen and oxygen atoms in total. The Morgan fingerprint density at radius 1 is 1.20 bits per heavy atom. The fourth-order valence-corrected chi connectivity index (χ4v) is 1.46. The molecular weight excluding hydrogens is 192 g/mol. The Bertz CT molecular complexity index is 549. The van der Waals surface area contributed by atoms with E-state index in [1.54, 1.807) is 12.1 Å². The summed E-state index contributed by atoms with van der Waals surface area (Å²) in [7, 11) is 0. The molecule has 0 unspecified atom stereocenters. The summed E-state index contributed by atoms with van der Waals surface area (Å²) in [4.78, 5) is 30.2. The minimum Gasteiger partial charge on any atom is -0.298 e. The number of aromatic nitrogens is 2. The van der Waals surface area contributed by atoms with Crippen molar-refractivity contribution in [3.05, 3.63) is 35.7 Å². The monoisotopic (exact) mass is 200 g/mol. The van der Waals surface area contributed by atoms with E-state index in [1.807, 2.05) is 0 Å². The fourth-order valence-electron chi connectivity index (χ4n) is 1.46. The average Bonchev–Trinajstić information content (AvgIpc) is 2.27. The number of fused-ring (bicyclic) bond motifs is 1. The summed E-state index contributed by atoms with van der Waals surface area (Å²) in [6.07, 6.45) is 3.71. The van der Waals surface area contributed by atoms with E-state index < -0.39 is 0 Å². The molecule has 0 saturated heterocycles. The molecule has 1 heterocycles. The van der Waals surface area contributed by atoms with E-state index >= 15 is 0 Å². The smallest absolute Gasteiger partial charge is 0.162 e. The molecule has 74 valence electrons. The van der Waals surface area contributed by atoms with Crippen LogP contribution in [0.25, 0.3) is 11.0 Å². The quantitative estimate of drug-likeness (QED) is 0.546. The van der Waals surface area contributed by atoms with Crippen molar-refractivity contribution in [1.82, 2.24) is 9.97 Å². The van der Waals surface area contributed by atoms with Gasteiger partial charge in [-0.2, -0.15) is 0 Å². The maximum absolute atomic E-state index is 11.3. The van der Waals surface area contributed by atoms with Crippen LogP contribution in [0.4, 0.5) is 0 Å². The lowest BCUT2D eigenvalue weighted by molar-refractivity contribution is 0.101. The highest BCUT2D eigenvalue weighted by atomic mass is 16.1. The largest absolute Gasteiger partial charge is 0.298 e. The molecule has 0 saturated carbocycles. The lowest BCUT2D eigenvalue weighted by atomic mass is 10.1. The third kappa shape index (κ3) is 1.50. The van der Waals surface area contributed by atoms with Crippen LogP contribution >= 0.6 is 0 Å². The van der Waals surface area contributed by atoms with Gasteiger partial charge in [0.15, 0.2) is 12.1 Å². The minimum absolute atomic E-state index is 0.0852. The molecule has 4 heteroatoms. The van der Waals surface area contributed by atoms with E-state index in [1.165, 1.54) is 19.3 Å². The average molecular weight is 200 g/mol. The second kappa shape index (κ2) is 3.57. The van der Waals surface area contributed by atoms with Crippen molar-refractivity contribution < 1.29 is 9.59 Å². The Morgan fingerprint density at radius 3 is 2.47 bits per heavy atom. The molecule has 15 heavy (non-hydrogen) atoms. The molecule has 0 radical (unpaired) electrons. The molecule has 0 amide bonds. The highest BCUT2D eigenvalue weighted by Gasteiger charge is 2.10. The Balaban J connectivity index is 2.89. The number of carbonyl (C=O) groups excluding carboxylic acids is 2. The molecule has 0 aliphatic heterocycles. The number of hydrogen-bond acceptors (Lipinski definition) is 4. The molecule has 0 aliphatic carbocycles. The van der Waals surface area contributed by atoms with Crippen LogP contribution in [0.5, 0.6) is 0 Å². The summed E-state index contributed by atoms with van der Waals surface area (Å²) in [5.41, 5.74) is 1.89. The van der Waals surface area contributed by atoms with Gasteiger partial charge in [0.1, 0.15) is 5.52 Å². The van der Waals surface area contributed by atoms with Crippen molar-refractivity contribution in [3.8, 4) is 0 Å². The number of rotatable bonds is 2. The molecule has 0 atom stereocenters. The lowest BCUT2D eigenvalue weighted by Gasteiger charge is -2.02. The zero-order valence-electron chi connectivity index (χ0n) is 8.10. The van der Waals surface area contributed by atoms with E-state index in [4.69, 9.17) is 0 Å². The van der Waals surface area contributed by atoms with Crippen LogP contribution < -0.4 is 0 Å². The molecule has 0 fully saturated rings. The van der Waals surface area contributed by atoms with Crippen molar-refractivity contribution in [2.75, 3.05) is 0 Å². The van der Waals surface area contributed by atoms with Gasteiger partial charge in [-0.25, -0.2) is 0 Å². The predicted molar refractivity (Wildman–Crippen MR) is 54.9 cm³/mol. The SMILES string of the molecule is CC(=O)c1ccc(C=O)c2nccnc12. The van der Waals surface area contributed by atoms with E-state index in [2.05, 4.69) is 9.97 Å². The zero-order chi connectivity index (χ0) is 10.8. The second-order valence-electron chi connectivity index (χ2n) is 3.13. The third-order valence-electron chi connectivity index (χ3n) is 2.16. The Hall–Kier alpha value is -2.10. The van der Waals surface area contributed by atoms with Gasteiger partial charge in [0.05, 0.1) is 5.52 Å². The van der Waals surface area contributed by atoms with Crippen LogP contribution in [-0.4, -0.2) is 22.0 Å². The summed E-state index contributed by atoms with van der Waals surface area (Å²) in [6.45, 7) is 1.46. The standard InChI is InChI=1S/C11H8N2O2/c1-7(15)9-3-2-8(6-14)10-11(9)13-5-4-12-10/h2-6H,1H3. The highest BCUT2D eigenvalue weighted by Crippen LogP contribution is 2.17. The molecule has 0 spiro atoms. The Morgan fingerprint density at radius 2 is 1.87 bits per heavy atom. The van der Waals surface area contributed by atoms with E-state index in [9.17, 15) is 9.59 Å². The summed E-state index contributed by atoms with van der Waals surface area (Å²) >= 11 is 0. The predicted octanol–water partition coefficient (Wildman–Crippen LogP) is 1.64. The number of hydrogen-bond donors (Lipinski definition) is 0. The fraction of sp³-hybridized carbons (Fsp3) is 0.0909. The van der Waals surface area contributed by atoms with E-state index in [0.29, 0.717) is 28.4 Å². The number of benzene rings is 1. The van der Waals surface area contributed by atoms with Gasteiger partial charge in [0.25, 0.3) is 0 Å². The molecule has 0 bridgehead atoms. The van der Waals surface area contributed by atoms with Crippen molar-refractivity contribution in [2.24, 2.45) is 0 Å². The maximum Gasteiger partial charge on any atom is 0.162 e. The Kier molecular flexibility index (Phi) is 2.25. The highest BCUT2D eigenvalue weighted by molar-refractivity contribution is 6.08. The maximum atomic E-state index is 11.3. The van der Waals surface area contributed by atoms with Crippen molar-refractivity contribution in [2.45, 2.75) is 6.92 Å². The van der Waals surface area contributed by atoms with Crippen LogP contribution in [0.2, 0.25) is 0 Å². The van der Waals surface area contributed by atoms with Gasteiger partial charge in [0.2, 0.25) is 0 Å². The van der Waals surface area contributed by atoms with Gasteiger partial charge in [-0.15, -0.1) is 0 Å². The van der Waals surface area contributed by atoms with E-state index in [-0.39, 0.29) is 5.78 Å². The molecular formula is C11H8N2O2. The van der Waals surface area contributed by atoms with Gasteiger partial charge in [0, 0.05) is 23.5 Å². The van der Waals surface area contributed by atoms with Gasteiger partial charge in [-0.3, -0.25) is 19.6 Å².